The van der Waals surface area contributed by atoms with Crippen molar-refractivity contribution in [3.63, 3.8) is 0 Å². The summed E-state index contributed by atoms with van der Waals surface area (Å²) in [6.45, 7) is 2.10. The van der Waals surface area contributed by atoms with E-state index in [1.807, 2.05) is 44.1 Å². The fourth-order valence-corrected chi connectivity index (χ4v) is 2.57. The monoisotopic (exact) mass is 352 g/mol. The number of amides is 2. The number of carbonyl (C=O) groups excluding carboxylic acids is 1. The van der Waals surface area contributed by atoms with Gasteiger partial charge >= 0.3 is 6.03 Å². The van der Waals surface area contributed by atoms with E-state index in [9.17, 15) is 9.59 Å². The highest BCUT2D eigenvalue weighted by atomic mass is 16.2. The summed E-state index contributed by atoms with van der Waals surface area (Å²) in [5, 5.41) is 6.79. The fraction of sp³-hybridized carbons (Fsp3) is 0.222. The highest BCUT2D eigenvalue weighted by molar-refractivity contribution is 5.88. The Hall–Kier alpha value is -3.42. The van der Waals surface area contributed by atoms with Crippen LogP contribution >= 0.6 is 0 Å². The molecule has 26 heavy (non-hydrogen) atoms. The summed E-state index contributed by atoms with van der Waals surface area (Å²) >= 11 is 0. The number of benzene rings is 1. The van der Waals surface area contributed by atoms with Crippen molar-refractivity contribution < 1.29 is 4.79 Å². The first-order valence-electron chi connectivity index (χ1n) is 8.11. The van der Waals surface area contributed by atoms with Crippen molar-refractivity contribution in [2.45, 2.75) is 13.5 Å². The van der Waals surface area contributed by atoms with Gasteiger partial charge in [0.1, 0.15) is 5.82 Å². The van der Waals surface area contributed by atoms with Crippen LogP contribution in [-0.2, 0) is 6.54 Å². The summed E-state index contributed by atoms with van der Waals surface area (Å²) in [6, 6.07) is 8.67. The molecule has 8 heteroatoms. The summed E-state index contributed by atoms with van der Waals surface area (Å²) in [5.41, 5.74) is 1.42. The molecule has 0 saturated carbocycles. The van der Waals surface area contributed by atoms with Crippen LogP contribution in [0.1, 0.15) is 11.3 Å². The lowest BCUT2D eigenvalue weighted by Crippen LogP contribution is -2.29. The largest absolute Gasteiger partial charge is 0.363 e. The Balaban J connectivity index is 1.72. The second-order valence-corrected chi connectivity index (χ2v) is 6.08. The van der Waals surface area contributed by atoms with Crippen LogP contribution in [0.25, 0.3) is 10.8 Å². The zero-order chi connectivity index (χ0) is 18.7. The van der Waals surface area contributed by atoms with E-state index in [2.05, 4.69) is 25.6 Å². The number of nitrogens with one attached hydrogen (secondary N) is 3. The summed E-state index contributed by atoms with van der Waals surface area (Å²) in [7, 11) is 3.74. The van der Waals surface area contributed by atoms with Gasteiger partial charge in [-0.2, -0.15) is 4.98 Å². The number of fused-ring (bicyclic) bond motifs is 1. The number of hydrogen-bond donors (Lipinski definition) is 3. The van der Waals surface area contributed by atoms with Crippen LogP contribution in [0.2, 0.25) is 0 Å². The SMILES string of the molecule is Cc1cc(N(C)C)nc(NC(=O)NCc2c[nH]c(=O)c3ccccc23)n1. The summed E-state index contributed by atoms with van der Waals surface area (Å²) in [6.07, 6.45) is 1.61. The third-order valence-corrected chi connectivity index (χ3v) is 3.86. The summed E-state index contributed by atoms with van der Waals surface area (Å²) < 4.78 is 0. The van der Waals surface area contributed by atoms with Gasteiger partial charge in [-0.25, -0.2) is 9.78 Å². The highest BCUT2D eigenvalue weighted by Crippen LogP contribution is 2.14. The van der Waals surface area contributed by atoms with Gasteiger partial charge in [0, 0.05) is 44.0 Å². The average Bonchev–Trinajstić information content (AvgIpc) is 2.61. The molecule has 3 N–H and O–H groups in total. The molecule has 0 bridgehead atoms. The van der Waals surface area contributed by atoms with Gasteiger partial charge in [0.25, 0.3) is 5.56 Å². The van der Waals surface area contributed by atoms with Gasteiger partial charge in [0.05, 0.1) is 0 Å². The molecule has 8 nitrogen and oxygen atoms in total. The van der Waals surface area contributed by atoms with Crippen molar-refractivity contribution in [3.05, 3.63) is 58.1 Å². The topological polar surface area (TPSA) is 103 Å². The fourth-order valence-electron chi connectivity index (χ4n) is 2.57. The Bertz CT molecular complexity index is 1010. The first-order valence-corrected chi connectivity index (χ1v) is 8.11. The molecule has 0 radical (unpaired) electrons. The van der Waals surface area contributed by atoms with E-state index >= 15 is 0 Å². The van der Waals surface area contributed by atoms with Crippen LogP contribution in [0.3, 0.4) is 0 Å². The Kier molecular flexibility index (Phi) is 4.83. The van der Waals surface area contributed by atoms with Gasteiger partial charge in [-0.1, -0.05) is 18.2 Å². The lowest BCUT2D eigenvalue weighted by molar-refractivity contribution is 0.251. The molecule has 0 atom stereocenters. The molecule has 2 amide bonds. The minimum atomic E-state index is -0.421. The second kappa shape index (κ2) is 7.22. The van der Waals surface area contributed by atoms with Crippen molar-refractivity contribution in [1.29, 1.82) is 0 Å². The van der Waals surface area contributed by atoms with Crippen molar-refractivity contribution in [2.24, 2.45) is 0 Å². The number of pyridine rings is 1. The third kappa shape index (κ3) is 3.80. The summed E-state index contributed by atoms with van der Waals surface area (Å²) in [5.74, 6) is 0.942. The molecular formula is C18H20N6O2. The first-order chi connectivity index (χ1) is 12.4. The van der Waals surface area contributed by atoms with Gasteiger partial charge in [-0.15, -0.1) is 0 Å². The summed E-state index contributed by atoms with van der Waals surface area (Å²) in [4.78, 5) is 37.1. The maximum Gasteiger partial charge on any atom is 0.321 e. The van der Waals surface area contributed by atoms with Crippen molar-refractivity contribution in [3.8, 4) is 0 Å². The molecule has 0 unspecified atom stereocenters. The van der Waals surface area contributed by atoms with Crippen LogP contribution in [0.15, 0.2) is 41.3 Å². The van der Waals surface area contributed by atoms with Crippen LogP contribution in [0.4, 0.5) is 16.6 Å². The van der Waals surface area contributed by atoms with E-state index in [1.54, 1.807) is 18.3 Å². The smallest absolute Gasteiger partial charge is 0.321 e. The van der Waals surface area contributed by atoms with Gasteiger partial charge in [-0.05, 0) is 23.9 Å². The van der Waals surface area contributed by atoms with E-state index in [4.69, 9.17) is 0 Å². The van der Waals surface area contributed by atoms with Crippen LogP contribution in [0, 0.1) is 6.92 Å². The highest BCUT2D eigenvalue weighted by Gasteiger charge is 2.09. The first kappa shape index (κ1) is 17.4. The number of hydrogen-bond acceptors (Lipinski definition) is 5. The maximum atomic E-state index is 12.2. The molecule has 3 aromatic rings. The predicted octanol–water partition coefficient (Wildman–Crippen LogP) is 2.01. The molecule has 1 aromatic carbocycles. The van der Waals surface area contributed by atoms with Crippen LogP contribution < -0.4 is 21.1 Å². The minimum absolute atomic E-state index is 0.154. The second-order valence-electron chi connectivity index (χ2n) is 6.08. The molecule has 0 aliphatic carbocycles. The Morgan fingerprint density at radius 2 is 1.92 bits per heavy atom. The number of aryl methyl sites for hydroxylation is 1. The molecule has 0 saturated heterocycles. The standard InChI is InChI=1S/C18H20N6O2/c1-11-8-15(24(2)3)22-17(21-11)23-18(26)20-10-12-9-19-16(25)14-7-5-4-6-13(12)14/h4-9H,10H2,1-3H3,(H,19,25)(H2,20,21,22,23,26). The van der Waals surface area contributed by atoms with Crippen LogP contribution in [-0.4, -0.2) is 35.1 Å². The zero-order valence-electron chi connectivity index (χ0n) is 14.8. The average molecular weight is 352 g/mol. The van der Waals surface area contributed by atoms with E-state index in [0.717, 1.165) is 16.6 Å². The molecular weight excluding hydrogens is 332 g/mol. The molecule has 0 spiro atoms. The molecule has 134 valence electrons. The quantitative estimate of drug-likeness (QED) is 0.666. The number of rotatable bonds is 4. The number of aromatic nitrogens is 3. The van der Waals surface area contributed by atoms with Gasteiger partial charge in [0.15, 0.2) is 0 Å². The van der Waals surface area contributed by atoms with E-state index < -0.39 is 6.03 Å². The van der Waals surface area contributed by atoms with Gasteiger partial charge < -0.3 is 15.2 Å². The number of anilines is 2. The van der Waals surface area contributed by atoms with E-state index in [-0.39, 0.29) is 18.1 Å². The van der Waals surface area contributed by atoms with E-state index in [1.165, 1.54) is 0 Å². The molecule has 0 fully saturated rings. The normalized spacial score (nSPS) is 10.6. The Morgan fingerprint density at radius 1 is 1.19 bits per heavy atom. The molecule has 0 aliphatic rings. The Labute approximate surface area is 150 Å². The van der Waals surface area contributed by atoms with Gasteiger partial charge in [-0.3, -0.25) is 10.1 Å². The van der Waals surface area contributed by atoms with E-state index in [0.29, 0.717) is 11.2 Å². The number of aromatic amines is 1. The zero-order valence-corrected chi connectivity index (χ0v) is 14.8. The number of urea groups is 1. The van der Waals surface area contributed by atoms with Crippen molar-refractivity contribution in [1.82, 2.24) is 20.3 Å². The molecule has 2 aromatic heterocycles. The Morgan fingerprint density at radius 3 is 2.65 bits per heavy atom. The lowest BCUT2D eigenvalue weighted by atomic mass is 10.1. The number of nitrogens with zero attached hydrogens (tertiary/aromatic N) is 3. The van der Waals surface area contributed by atoms with Crippen molar-refractivity contribution >= 4 is 28.6 Å². The van der Waals surface area contributed by atoms with Crippen molar-refractivity contribution in [2.75, 3.05) is 24.3 Å². The lowest BCUT2D eigenvalue weighted by Gasteiger charge is -2.13. The third-order valence-electron chi connectivity index (χ3n) is 3.86. The predicted molar refractivity (Wildman–Crippen MR) is 102 cm³/mol. The molecule has 2 heterocycles. The van der Waals surface area contributed by atoms with Gasteiger partial charge in [0.2, 0.25) is 5.95 Å². The number of H-pyrrole nitrogens is 1. The van der Waals surface area contributed by atoms with Crippen LogP contribution in [0.5, 0.6) is 0 Å². The molecule has 0 aliphatic heterocycles. The molecule has 3 rings (SSSR count). The minimum Gasteiger partial charge on any atom is -0.363 e. The number of carbonyl (C=O) groups is 1. The maximum absolute atomic E-state index is 12.2.